The molecule has 0 fully saturated rings. The molecule has 6 nitrogen and oxygen atoms in total. The molecule has 0 spiro atoms. The van der Waals surface area contributed by atoms with Crippen molar-refractivity contribution in [3.63, 3.8) is 0 Å². The lowest BCUT2D eigenvalue weighted by atomic mass is 10.4. The predicted molar refractivity (Wildman–Crippen MR) is 65.0 cm³/mol. The van der Waals surface area contributed by atoms with Gasteiger partial charge in [0.1, 0.15) is 0 Å². The van der Waals surface area contributed by atoms with Crippen LogP contribution in [0.15, 0.2) is 17.2 Å². The Morgan fingerprint density at radius 3 is 2.82 bits per heavy atom. The minimum atomic E-state index is -3.50. The number of nitrogens with one attached hydrogen (secondary N) is 2. The molecule has 0 bridgehead atoms. The summed E-state index contributed by atoms with van der Waals surface area (Å²) in [7, 11) is -3.50. The Bertz CT molecular complexity index is 441. The van der Waals surface area contributed by atoms with E-state index in [1.807, 2.05) is 6.92 Å². The zero-order chi connectivity index (χ0) is 12.9. The summed E-state index contributed by atoms with van der Waals surface area (Å²) in [5.41, 5.74) is 6.09. The van der Waals surface area contributed by atoms with Crippen LogP contribution >= 0.6 is 0 Å². The second-order valence-corrected chi connectivity index (χ2v) is 5.46. The van der Waals surface area contributed by atoms with Crippen molar-refractivity contribution >= 4 is 10.0 Å². The molecule has 98 valence electrons. The van der Waals surface area contributed by atoms with E-state index < -0.39 is 10.0 Å². The average molecular weight is 261 g/mol. The van der Waals surface area contributed by atoms with Crippen LogP contribution in [0.25, 0.3) is 0 Å². The predicted octanol–water partition coefficient (Wildman–Crippen LogP) is 0.177. The van der Waals surface area contributed by atoms with Gasteiger partial charge in [0.25, 0.3) is 0 Å². The number of aromatic amines is 1. The van der Waals surface area contributed by atoms with Crippen molar-refractivity contribution in [2.75, 3.05) is 13.2 Å². The quantitative estimate of drug-likeness (QED) is 0.652. The highest BCUT2D eigenvalue weighted by molar-refractivity contribution is 7.89. The highest BCUT2D eigenvalue weighted by Crippen LogP contribution is 2.10. The molecule has 0 amide bonds. The summed E-state index contributed by atoms with van der Waals surface area (Å²) in [4.78, 5) is 3.00. The van der Waals surface area contributed by atoms with Gasteiger partial charge in [-0.05, 0) is 19.9 Å². The van der Waals surface area contributed by atoms with Crippen LogP contribution in [0.5, 0.6) is 0 Å². The molecule has 0 radical (unpaired) electrons. The number of rotatable bonds is 7. The Balaban J connectivity index is 2.68. The van der Waals surface area contributed by atoms with Gasteiger partial charge in [-0.15, -0.1) is 0 Å². The van der Waals surface area contributed by atoms with Crippen LogP contribution in [0.3, 0.4) is 0 Å². The summed E-state index contributed by atoms with van der Waals surface area (Å²) in [6.07, 6.45) is 1.43. The molecule has 7 heteroatoms. The van der Waals surface area contributed by atoms with E-state index in [-0.39, 0.29) is 17.5 Å². The van der Waals surface area contributed by atoms with Gasteiger partial charge in [0.15, 0.2) is 0 Å². The lowest BCUT2D eigenvalue weighted by Crippen LogP contribution is -2.35. The summed E-state index contributed by atoms with van der Waals surface area (Å²) in [5.74, 6) is 0. The minimum Gasteiger partial charge on any atom is -0.380 e. The van der Waals surface area contributed by atoms with Gasteiger partial charge in [0.05, 0.1) is 11.5 Å². The van der Waals surface area contributed by atoms with Gasteiger partial charge < -0.3 is 15.5 Å². The highest BCUT2D eigenvalue weighted by atomic mass is 32.2. The Labute approximate surface area is 102 Å². The molecule has 1 rings (SSSR count). The number of nitrogens with two attached hydrogens (primary N) is 1. The zero-order valence-electron chi connectivity index (χ0n) is 10.1. The standard InChI is InChI=1S/C10H19N3O3S/c1-3-16-7-8(2)13-17(14,15)10-4-9(5-11)12-6-10/h4,6,8,12-13H,3,5,7,11H2,1-2H3. The summed E-state index contributed by atoms with van der Waals surface area (Å²) in [6.45, 7) is 4.81. The van der Waals surface area contributed by atoms with E-state index in [4.69, 9.17) is 10.5 Å². The van der Waals surface area contributed by atoms with Crippen molar-refractivity contribution in [1.82, 2.24) is 9.71 Å². The van der Waals surface area contributed by atoms with Crippen LogP contribution in [-0.4, -0.2) is 32.7 Å². The van der Waals surface area contributed by atoms with Crippen molar-refractivity contribution in [3.8, 4) is 0 Å². The van der Waals surface area contributed by atoms with E-state index in [2.05, 4.69) is 9.71 Å². The third-order valence-electron chi connectivity index (χ3n) is 2.17. The number of ether oxygens (including phenoxy) is 1. The smallest absolute Gasteiger partial charge is 0.242 e. The van der Waals surface area contributed by atoms with Crippen LogP contribution in [0.1, 0.15) is 19.5 Å². The van der Waals surface area contributed by atoms with Gasteiger partial charge in [-0.25, -0.2) is 13.1 Å². The maximum atomic E-state index is 11.9. The van der Waals surface area contributed by atoms with Crippen molar-refractivity contribution in [3.05, 3.63) is 18.0 Å². The summed E-state index contributed by atoms with van der Waals surface area (Å²) >= 11 is 0. The fourth-order valence-electron chi connectivity index (χ4n) is 1.35. The minimum absolute atomic E-state index is 0.196. The Kier molecular flexibility index (Phi) is 5.13. The van der Waals surface area contributed by atoms with E-state index in [1.165, 1.54) is 12.3 Å². The summed E-state index contributed by atoms with van der Waals surface area (Å²) < 4.78 is 31.5. The fourth-order valence-corrected chi connectivity index (χ4v) is 2.60. The van der Waals surface area contributed by atoms with Crippen LogP contribution in [0, 0.1) is 0 Å². The first kappa shape index (κ1) is 14.2. The lowest BCUT2D eigenvalue weighted by molar-refractivity contribution is 0.133. The number of aromatic nitrogens is 1. The molecule has 1 unspecified atom stereocenters. The monoisotopic (exact) mass is 261 g/mol. The van der Waals surface area contributed by atoms with E-state index >= 15 is 0 Å². The maximum Gasteiger partial charge on any atom is 0.242 e. The van der Waals surface area contributed by atoms with Crippen LogP contribution < -0.4 is 10.5 Å². The molecule has 0 aliphatic rings. The van der Waals surface area contributed by atoms with Crippen LogP contribution in [0.2, 0.25) is 0 Å². The number of hydrogen-bond donors (Lipinski definition) is 3. The molecule has 17 heavy (non-hydrogen) atoms. The van der Waals surface area contributed by atoms with Crippen LogP contribution in [0.4, 0.5) is 0 Å². The average Bonchev–Trinajstić information content (AvgIpc) is 2.75. The first-order valence-corrected chi connectivity index (χ1v) is 6.95. The second kappa shape index (κ2) is 6.15. The molecule has 0 aliphatic heterocycles. The number of hydrogen-bond acceptors (Lipinski definition) is 4. The fraction of sp³-hybridized carbons (Fsp3) is 0.600. The summed E-state index contributed by atoms with van der Waals surface area (Å²) in [5, 5.41) is 0. The van der Waals surface area contributed by atoms with Gasteiger partial charge in [0, 0.05) is 31.1 Å². The highest BCUT2D eigenvalue weighted by Gasteiger charge is 2.18. The van der Waals surface area contributed by atoms with Crippen molar-refractivity contribution in [2.24, 2.45) is 5.73 Å². The molecule has 4 N–H and O–H groups in total. The SMILES string of the molecule is CCOCC(C)NS(=O)(=O)c1c[nH]c(CN)c1. The third kappa shape index (κ3) is 4.12. The molecule has 0 aliphatic carbocycles. The molecule has 0 saturated heterocycles. The van der Waals surface area contributed by atoms with Gasteiger partial charge in [-0.2, -0.15) is 0 Å². The maximum absolute atomic E-state index is 11.9. The molecule has 0 aromatic carbocycles. The second-order valence-electron chi connectivity index (χ2n) is 3.75. The normalized spacial score (nSPS) is 13.8. The Morgan fingerprint density at radius 2 is 2.29 bits per heavy atom. The molecule has 1 aromatic rings. The van der Waals surface area contributed by atoms with E-state index in [9.17, 15) is 8.42 Å². The first-order chi connectivity index (χ1) is 7.99. The van der Waals surface area contributed by atoms with E-state index in [0.29, 0.717) is 18.9 Å². The van der Waals surface area contributed by atoms with E-state index in [1.54, 1.807) is 6.92 Å². The molecule has 1 heterocycles. The topological polar surface area (TPSA) is 97.2 Å². The molecular formula is C10H19N3O3S. The molecular weight excluding hydrogens is 242 g/mol. The molecule has 1 atom stereocenters. The largest absolute Gasteiger partial charge is 0.380 e. The lowest BCUT2D eigenvalue weighted by Gasteiger charge is -2.12. The van der Waals surface area contributed by atoms with E-state index in [0.717, 1.165) is 0 Å². The molecule has 0 saturated carbocycles. The third-order valence-corrected chi connectivity index (χ3v) is 3.74. The number of H-pyrrole nitrogens is 1. The summed E-state index contributed by atoms with van der Waals surface area (Å²) in [6, 6.07) is 1.26. The number of sulfonamides is 1. The van der Waals surface area contributed by atoms with Crippen molar-refractivity contribution < 1.29 is 13.2 Å². The van der Waals surface area contributed by atoms with Gasteiger partial charge >= 0.3 is 0 Å². The Hall–Kier alpha value is -0.890. The molecule has 1 aromatic heterocycles. The Morgan fingerprint density at radius 1 is 1.59 bits per heavy atom. The first-order valence-electron chi connectivity index (χ1n) is 5.47. The van der Waals surface area contributed by atoms with Crippen LogP contribution in [-0.2, 0) is 21.3 Å². The van der Waals surface area contributed by atoms with Gasteiger partial charge in [-0.1, -0.05) is 0 Å². The van der Waals surface area contributed by atoms with Crippen molar-refractivity contribution in [2.45, 2.75) is 31.3 Å². The van der Waals surface area contributed by atoms with Gasteiger partial charge in [-0.3, -0.25) is 0 Å². The van der Waals surface area contributed by atoms with Crippen molar-refractivity contribution in [1.29, 1.82) is 0 Å². The van der Waals surface area contributed by atoms with Gasteiger partial charge in [0.2, 0.25) is 10.0 Å². The zero-order valence-corrected chi connectivity index (χ0v) is 10.9.